The zero-order valence-corrected chi connectivity index (χ0v) is 22.0. The predicted octanol–water partition coefficient (Wildman–Crippen LogP) is 1.08. The fourth-order valence-corrected chi connectivity index (χ4v) is 3.24. The number of benzene rings is 1. The summed E-state index contributed by atoms with van der Waals surface area (Å²) in [5, 5.41) is 5.54. The van der Waals surface area contributed by atoms with E-state index in [1.807, 2.05) is 0 Å². The maximum atomic E-state index is 11.9. The number of carbonyl (C=O) groups excluding carboxylic acids is 2. The summed E-state index contributed by atoms with van der Waals surface area (Å²) in [6.45, 7) is 5.99. The molecule has 162 valence electrons. The Kier molecular flexibility index (Phi) is 15.8. The van der Waals surface area contributed by atoms with Crippen molar-refractivity contribution in [2.24, 2.45) is 0 Å². The van der Waals surface area contributed by atoms with Crippen molar-refractivity contribution in [3.63, 3.8) is 0 Å². The van der Waals surface area contributed by atoms with E-state index in [1.54, 1.807) is 6.92 Å². The van der Waals surface area contributed by atoms with E-state index in [9.17, 15) is 18.0 Å². The molecule has 0 heterocycles. The molecule has 1 rings (SSSR count). The second-order valence-corrected chi connectivity index (χ2v) is 8.58. The molecule has 1 aromatic rings. The average molecular weight is 464 g/mol. The monoisotopic (exact) mass is 463 g/mol. The minimum Gasteiger partial charge on any atom is -0.352 e. The van der Waals surface area contributed by atoms with Crippen LogP contribution < -0.4 is 62.0 Å². The number of nitrogens with one attached hydrogen (secondary N) is 2. The zero-order chi connectivity index (χ0) is 21.7. The third-order valence-electron chi connectivity index (χ3n) is 4.44. The Morgan fingerprint density at radius 1 is 0.933 bits per heavy atom. The summed E-state index contributed by atoms with van der Waals surface area (Å²) in [5.74, 6) is -0.189. The van der Waals surface area contributed by atoms with Crippen molar-refractivity contribution in [2.45, 2.75) is 69.6 Å². The molecule has 0 aliphatic heterocycles. The van der Waals surface area contributed by atoms with Gasteiger partial charge in [0.25, 0.3) is 10.1 Å². The Morgan fingerprint density at radius 2 is 1.43 bits per heavy atom. The predicted molar refractivity (Wildman–Crippen MR) is 114 cm³/mol. The second kappa shape index (κ2) is 16.1. The molecule has 0 aliphatic rings. The van der Waals surface area contributed by atoms with E-state index in [0.29, 0.717) is 24.2 Å². The molecule has 0 fully saturated rings. The van der Waals surface area contributed by atoms with Crippen LogP contribution in [-0.2, 0) is 19.7 Å². The first kappa shape index (κ1) is 29.4. The van der Waals surface area contributed by atoms with Crippen LogP contribution in [0, 0.1) is 0 Å². The van der Waals surface area contributed by atoms with Gasteiger partial charge in [-0.2, -0.15) is 8.42 Å². The quantitative estimate of drug-likeness (QED) is 0.165. The number of rotatable bonds is 14. The van der Waals surface area contributed by atoms with Gasteiger partial charge in [-0.1, -0.05) is 45.1 Å². The molecule has 0 aromatic heterocycles. The van der Waals surface area contributed by atoms with Crippen molar-refractivity contribution in [1.82, 2.24) is 5.32 Å². The van der Waals surface area contributed by atoms with E-state index >= 15 is 0 Å². The number of carbonyl (C=O) groups is 2. The van der Waals surface area contributed by atoms with E-state index < -0.39 is 10.1 Å². The normalized spacial score (nSPS) is 10.7. The molecule has 0 spiro atoms. The average Bonchev–Trinajstić information content (AvgIpc) is 2.65. The number of anilines is 1. The zero-order valence-electron chi connectivity index (χ0n) is 18.1. The summed E-state index contributed by atoms with van der Waals surface area (Å²) in [5.41, 5.74) is 1.04. The van der Waals surface area contributed by atoms with Gasteiger partial charge in [0, 0.05) is 24.2 Å². The Hall–Kier alpha value is -0.554. The van der Waals surface area contributed by atoms with Crippen molar-refractivity contribution >= 4 is 27.6 Å². The molecule has 30 heavy (non-hydrogen) atoms. The number of unbranched alkanes of at least 4 members (excludes halogenated alkanes) is 7. The van der Waals surface area contributed by atoms with E-state index in [0.717, 1.165) is 51.4 Å². The minimum atomic E-state index is -4.22. The van der Waals surface area contributed by atoms with Gasteiger partial charge in [-0.05, 0) is 44.0 Å². The van der Waals surface area contributed by atoms with Crippen molar-refractivity contribution in [2.75, 3.05) is 11.9 Å². The van der Waals surface area contributed by atoms with E-state index in [1.165, 1.54) is 24.3 Å². The Bertz CT molecular complexity index is 779. The summed E-state index contributed by atoms with van der Waals surface area (Å²) in [4.78, 5) is 23.0. The summed E-state index contributed by atoms with van der Waals surface area (Å²) in [6.07, 6.45) is 8.80. The van der Waals surface area contributed by atoms with E-state index in [4.69, 9.17) is 4.55 Å². The van der Waals surface area contributed by atoms with Gasteiger partial charge in [-0.3, -0.25) is 14.1 Å². The first-order chi connectivity index (χ1) is 13.7. The smallest absolute Gasteiger partial charge is 0.352 e. The van der Waals surface area contributed by atoms with Crippen LogP contribution in [0.5, 0.6) is 0 Å². The van der Waals surface area contributed by atoms with Gasteiger partial charge >= 0.3 is 51.4 Å². The topological polar surface area (TPSA) is 113 Å². The van der Waals surface area contributed by atoms with Crippen molar-refractivity contribution < 1.29 is 73.9 Å². The van der Waals surface area contributed by atoms with Gasteiger partial charge in [-0.15, -0.1) is 0 Å². The van der Waals surface area contributed by atoms with E-state index in [2.05, 4.69) is 17.2 Å². The maximum absolute atomic E-state index is 11.9. The maximum Gasteiger partial charge on any atom is 1.00 e. The van der Waals surface area contributed by atoms with Crippen LogP contribution in [0.2, 0.25) is 0 Å². The molecule has 0 aliphatic carbocycles. The molecule has 1 aromatic carbocycles. The SMILES string of the molecule is C=C(C)C(=O)NCCCCCCCCCCC(=O)Nc1ccc(S(=O)(=O)O)cc1.[K+]. The van der Waals surface area contributed by atoms with Crippen LogP contribution in [0.4, 0.5) is 5.69 Å². The van der Waals surface area contributed by atoms with Crippen LogP contribution in [0.25, 0.3) is 0 Å². The first-order valence-corrected chi connectivity index (χ1v) is 11.5. The Balaban J connectivity index is 0.00000841. The Morgan fingerprint density at radius 3 is 1.93 bits per heavy atom. The molecule has 3 N–H and O–H groups in total. The molecule has 9 heteroatoms. The fourth-order valence-electron chi connectivity index (χ4n) is 2.76. The summed E-state index contributed by atoms with van der Waals surface area (Å²) < 4.78 is 30.9. The van der Waals surface area contributed by atoms with Crippen molar-refractivity contribution in [1.29, 1.82) is 0 Å². The Labute approximate surface area is 222 Å². The third kappa shape index (κ3) is 13.7. The van der Waals surface area contributed by atoms with Gasteiger partial charge < -0.3 is 10.6 Å². The minimum absolute atomic E-state index is 0. The fraction of sp³-hybridized carbons (Fsp3) is 0.524. The van der Waals surface area contributed by atoms with Gasteiger partial charge in [0.15, 0.2) is 0 Å². The second-order valence-electron chi connectivity index (χ2n) is 7.16. The van der Waals surface area contributed by atoms with Crippen LogP contribution >= 0.6 is 0 Å². The molecule has 0 atom stereocenters. The van der Waals surface area contributed by atoms with Crippen molar-refractivity contribution in [3.8, 4) is 0 Å². The summed E-state index contributed by atoms with van der Waals surface area (Å²) >= 11 is 0. The largest absolute Gasteiger partial charge is 1.00 e. The molecule has 2 amide bonds. The molecule has 7 nitrogen and oxygen atoms in total. The van der Waals surface area contributed by atoms with Gasteiger partial charge in [0.1, 0.15) is 0 Å². The molecule has 0 saturated heterocycles. The summed E-state index contributed by atoms with van der Waals surface area (Å²) in [6, 6.07) is 5.40. The van der Waals surface area contributed by atoms with Gasteiger partial charge in [-0.25, -0.2) is 0 Å². The molecular weight excluding hydrogens is 431 g/mol. The van der Waals surface area contributed by atoms with Crippen LogP contribution in [0.15, 0.2) is 41.3 Å². The van der Waals surface area contributed by atoms with Gasteiger partial charge in [0.05, 0.1) is 4.90 Å². The molecule has 0 radical (unpaired) electrons. The standard InChI is InChI=1S/C21H32N2O5S.K/c1-17(2)21(25)22-16-10-8-6-4-3-5-7-9-11-20(24)23-18-12-14-19(15-13-18)29(26,27)28;/h12-15H,1,3-11,16H2,2H3,(H,22,25)(H,23,24)(H,26,27,28);/q;+1. The number of hydrogen-bond donors (Lipinski definition) is 3. The number of hydrogen-bond acceptors (Lipinski definition) is 4. The molecule has 0 saturated carbocycles. The van der Waals surface area contributed by atoms with Crippen LogP contribution in [0.1, 0.15) is 64.7 Å². The van der Waals surface area contributed by atoms with Gasteiger partial charge in [0.2, 0.25) is 11.8 Å². The molecular formula is C21H32KN2O5S+. The van der Waals surface area contributed by atoms with Crippen LogP contribution in [0.3, 0.4) is 0 Å². The number of amides is 2. The molecule has 0 unspecified atom stereocenters. The van der Waals surface area contributed by atoms with E-state index in [-0.39, 0.29) is 68.1 Å². The third-order valence-corrected chi connectivity index (χ3v) is 5.31. The molecule has 0 bridgehead atoms. The van der Waals surface area contributed by atoms with Crippen LogP contribution in [-0.4, -0.2) is 31.3 Å². The van der Waals surface area contributed by atoms with Crippen molar-refractivity contribution in [3.05, 3.63) is 36.4 Å². The first-order valence-electron chi connectivity index (χ1n) is 10.0. The summed E-state index contributed by atoms with van der Waals surface area (Å²) in [7, 11) is -4.22.